The van der Waals surface area contributed by atoms with E-state index in [4.69, 9.17) is 0 Å². The van der Waals surface area contributed by atoms with Gasteiger partial charge in [-0.1, -0.05) is 0 Å². The van der Waals surface area contributed by atoms with E-state index in [1.54, 1.807) is 0 Å². The summed E-state index contributed by atoms with van der Waals surface area (Å²) in [4.78, 5) is 0. The Morgan fingerprint density at radius 1 is 1.22 bits per heavy atom. The van der Waals surface area contributed by atoms with Crippen LogP contribution in [0, 0.1) is 11.8 Å². The van der Waals surface area contributed by atoms with Gasteiger partial charge in [-0.25, -0.2) is 10.0 Å². The second-order valence-electron chi connectivity index (χ2n) is 3.47. The zero-order valence-corrected chi connectivity index (χ0v) is 6.17. The van der Waals surface area contributed by atoms with Crippen molar-refractivity contribution in [3.05, 3.63) is 0 Å². The van der Waals surface area contributed by atoms with E-state index in [1.807, 2.05) is 0 Å². The van der Waals surface area contributed by atoms with Gasteiger partial charge in [-0.3, -0.25) is 0 Å². The van der Waals surface area contributed by atoms with Crippen molar-refractivity contribution in [2.24, 2.45) is 11.8 Å². The Balaban J connectivity index is 1.90. The molecular formula is C7H14N2. The predicted molar refractivity (Wildman–Crippen MR) is 36.9 cm³/mol. The molecule has 0 aromatic heterocycles. The van der Waals surface area contributed by atoms with Crippen LogP contribution in [0.15, 0.2) is 0 Å². The largest absolute Gasteiger partial charge is 0.248 e. The van der Waals surface area contributed by atoms with Crippen molar-refractivity contribution in [2.45, 2.75) is 6.42 Å². The van der Waals surface area contributed by atoms with Crippen molar-refractivity contribution in [2.75, 3.05) is 27.2 Å². The summed E-state index contributed by atoms with van der Waals surface area (Å²) in [5.41, 5.74) is 0. The first-order valence-electron chi connectivity index (χ1n) is 3.69. The van der Waals surface area contributed by atoms with Crippen molar-refractivity contribution in [3.63, 3.8) is 0 Å². The molecule has 2 rings (SSSR count). The second-order valence-corrected chi connectivity index (χ2v) is 3.47. The lowest BCUT2D eigenvalue weighted by atomic mass is 10.4. The monoisotopic (exact) mass is 126 g/mol. The summed E-state index contributed by atoms with van der Waals surface area (Å²) < 4.78 is 0. The Morgan fingerprint density at radius 3 is 2.11 bits per heavy atom. The summed E-state index contributed by atoms with van der Waals surface area (Å²) >= 11 is 0. The highest BCUT2D eigenvalue weighted by Gasteiger charge is 2.45. The summed E-state index contributed by atoms with van der Waals surface area (Å²) in [7, 11) is 4.26. The molecule has 0 aromatic rings. The first-order chi connectivity index (χ1) is 4.27. The minimum atomic E-state index is 1.06. The van der Waals surface area contributed by atoms with Crippen molar-refractivity contribution >= 4 is 0 Å². The molecule has 0 bridgehead atoms. The number of piperidine rings is 1. The normalized spacial score (nSPS) is 41.7. The lowest BCUT2D eigenvalue weighted by Gasteiger charge is -2.24. The minimum Gasteiger partial charge on any atom is -0.248 e. The third kappa shape index (κ3) is 0.864. The zero-order valence-electron chi connectivity index (χ0n) is 6.17. The zero-order chi connectivity index (χ0) is 6.43. The molecule has 2 unspecified atom stereocenters. The standard InChI is InChI=1S/C7H14N2/c1-8(2)9-4-6-3-7(6)5-9/h6-7H,3-5H2,1-2H3. The van der Waals surface area contributed by atoms with E-state index in [0.717, 1.165) is 11.8 Å². The maximum Gasteiger partial charge on any atom is 0.0164 e. The third-order valence-corrected chi connectivity index (χ3v) is 2.53. The van der Waals surface area contributed by atoms with Crippen LogP contribution >= 0.6 is 0 Å². The van der Waals surface area contributed by atoms with E-state index in [1.165, 1.54) is 19.5 Å². The van der Waals surface area contributed by atoms with E-state index in [2.05, 4.69) is 24.1 Å². The topological polar surface area (TPSA) is 6.48 Å². The van der Waals surface area contributed by atoms with Gasteiger partial charge in [-0.15, -0.1) is 0 Å². The number of hydrogen-bond acceptors (Lipinski definition) is 2. The van der Waals surface area contributed by atoms with Gasteiger partial charge >= 0.3 is 0 Å². The average molecular weight is 126 g/mol. The van der Waals surface area contributed by atoms with Crippen LogP contribution in [0.4, 0.5) is 0 Å². The van der Waals surface area contributed by atoms with E-state index in [9.17, 15) is 0 Å². The van der Waals surface area contributed by atoms with Crippen LogP contribution in [0.2, 0.25) is 0 Å². The van der Waals surface area contributed by atoms with Crippen LogP contribution in [0.1, 0.15) is 6.42 Å². The molecular weight excluding hydrogens is 112 g/mol. The van der Waals surface area contributed by atoms with Crippen molar-refractivity contribution in [1.82, 2.24) is 10.0 Å². The summed E-state index contributed by atoms with van der Waals surface area (Å²) in [6.07, 6.45) is 1.50. The van der Waals surface area contributed by atoms with E-state index in [-0.39, 0.29) is 0 Å². The van der Waals surface area contributed by atoms with E-state index >= 15 is 0 Å². The third-order valence-electron chi connectivity index (χ3n) is 2.53. The fraction of sp³-hybridized carbons (Fsp3) is 1.00. The van der Waals surface area contributed by atoms with Crippen LogP contribution in [0.25, 0.3) is 0 Å². The first kappa shape index (κ1) is 5.69. The summed E-state index contributed by atoms with van der Waals surface area (Å²) in [6.45, 7) is 2.63. The van der Waals surface area contributed by atoms with Crippen LogP contribution in [0.3, 0.4) is 0 Å². The summed E-state index contributed by atoms with van der Waals surface area (Å²) in [5.74, 6) is 2.12. The highest BCUT2D eigenvalue weighted by Crippen LogP contribution is 2.44. The molecule has 0 N–H and O–H groups in total. The van der Waals surface area contributed by atoms with E-state index < -0.39 is 0 Å². The number of hydrogen-bond donors (Lipinski definition) is 0. The number of rotatable bonds is 1. The first-order valence-corrected chi connectivity index (χ1v) is 3.69. The molecule has 9 heavy (non-hydrogen) atoms. The molecule has 2 aliphatic rings. The molecule has 2 heteroatoms. The molecule has 1 aliphatic carbocycles. The molecule has 1 aliphatic heterocycles. The summed E-state index contributed by atoms with van der Waals surface area (Å²) in [5, 5.41) is 4.64. The lowest BCUT2D eigenvalue weighted by Crippen LogP contribution is -2.36. The second kappa shape index (κ2) is 1.70. The van der Waals surface area contributed by atoms with Gasteiger partial charge in [0, 0.05) is 27.2 Å². The van der Waals surface area contributed by atoms with Crippen LogP contribution < -0.4 is 0 Å². The van der Waals surface area contributed by atoms with Crippen LogP contribution in [-0.4, -0.2) is 37.2 Å². The fourth-order valence-corrected chi connectivity index (χ4v) is 1.70. The average Bonchev–Trinajstić information content (AvgIpc) is 2.40. The van der Waals surface area contributed by atoms with Gasteiger partial charge in [-0.2, -0.15) is 0 Å². The lowest BCUT2D eigenvalue weighted by molar-refractivity contribution is 0.0399. The van der Waals surface area contributed by atoms with Gasteiger partial charge in [0.2, 0.25) is 0 Å². The maximum atomic E-state index is 2.43. The van der Waals surface area contributed by atoms with Gasteiger partial charge in [0.15, 0.2) is 0 Å². The predicted octanol–water partition coefficient (Wildman–Crippen LogP) is 0.415. The van der Waals surface area contributed by atoms with E-state index in [0.29, 0.717) is 0 Å². The number of hydrazine groups is 1. The van der Waals surface area contributed by atoms with Gasteiger partial charge in [-0.05, 0) is 18.3 Å². The van der Waals surface area contributed by atoms with Gasteiger partial charge in [0.05, 0.1) is 0 Å². The van der Waals surface area contributed by atoms with Crippen molar-refractivity contribution in [1.29, 1.82) is 0 Å². The van der Waals surface area contributed by atoms with Gasteiger partial charge in [0.25, 0.3) is 0 Å². The molecule has 0 radical (unpaired) electrons. The van der Waals surface area contributed by atoms with Gasteiger partial charge in [0.1, 0.15) is 0 Å². The molecule has 1 heterocycles. The molecule has 2 atom stereocenters. The Hall–Kier alpha value is -0.0800. The summed E-state index contributed by atoms with van der Waals surface area (Å²) in [6, 6.07) is 0. The molecule has 1 saturated heterocycles. The molecule has 52 valence electrons. The Bertz CT molecular complexity index is 112. The number of fused-ring (bicyclic) bond motifs is 1. The fourth-order valence-electron chi connectivity index (χ4n) is 1.70. The van der Waals surface area contributed by atoms with Crippen molar-refractivity contribution < 1.29 is 0 Å². The molecule has 0 spiro atoms. The van der Waals surface area contributed by atoms with Gasteiger partial charge < -0.3 is 0 Å². The molecule has 0 amide bonds. The number of nitrogens with zero attached hydrogens (tertiary/aromatic N) is 2. The maximum absolute atomic E-state index is 2.43. The molecule has 1 saturated carbocycles. The smallest absolute Gasteiger partial charge is 0.0164 e. The highest BCUT2D eigenvalue weighted by atomic mass is 15.6. The quantitative estimate of drug-likeness (QED) is 0.502. The Labute approximate surface area is 56.4 Å². The molecule has 2 fully saturated rings. The van der Waals surface area contributed by atoms with Crippen LogP contribution in [-0.2, 0) is 0 Å². The molecule has 2 nitrogen and oxygen atoms in total. The van der Waals surface area contributed by atoms with Crippen LogP contribution in [0.5, 0.6) is 0 Å². The Morgan fingerprint density at radius 2 is 1.78 bits per heavy atom. The molecule has 0 aromatic carbocycles. The Kier molecular flexibility index (Phi) is 1.08. The van der Waals surface area contributed by atoms with Crippen molar-refractivity contribution in [3.8, 4) is 0 Å². The SMILES string of the molecule is CN(C)N1CC2CC2C1. The highest BCUT2D eigenvalue weighted by molar-refractivity contribution is 4.95. The minimum absolute atomic E-state index is 1.06.